The van der Waals surface area contributed by atoms with E-state index < -0.39 is 6.17 Å². The predicted molar refractivity (Wildman–Crippen MR) is 74.5 cm³/mol. The molecule has 3 rings (SSSR count). The van der Waals surface area contributed by atoms with Gasteiger partial charge in [-0.05, 0) is 67.4 Å². The molecule has 3 unspecified atom stereocenters. The molecule has 3 aliphatic carbocycles. The highest BCUT2D eigenvalue weighted by molar-refractivity contribution is 5.56. The molecule has 1 nitrogen and oxygen atoms in total. The molecule has 0 spiro atoms. The van der Waals surface area contributed by atoms with E-state index in [1.165, 1.54) is 24.0 Å². The van der Waals surface area contributed by atoms with Crippen molar-refractivity contribution >= 4 is 6.29 Å². The van der Waals surface area contributed by atoms with Crippen molar-refractivity contribution in [1.29, 1.82) is 0 Å². The van der Waals surface area contributed by atoms with E-state index in [1.807, 2.05) is 0 Å². The van der Waals surface area contributed by atoms with Gasteiger partial charge in [0.2, 0.25) is 0 Å². The van der Waals surface area contributed by atoms with Gasteiger partial charge in [-0.2, -0.15) is 0 Å². The van der Waals surface area contributed by atoms with E-state index in [2.05, 4.69) is 19.1 Å². The van der Waals surface area contributed by atoms with Gasteiger partial charge in [0.15, 0.2) is 0 Å². The molecule has 0 aromatic heterocycles. The minimum absolute atomic E-state index is 0.187. The number of carbonyl (C=O) groups excluding carboxylic acids is 1. The lowest BCUT2D eigenvalue weighted by molar-refractivity contribution is -0.112. The van der Waals surface area contributed by atoms with Gasteiger partial charge in [-0.1, -0.05) is 19.1 Å². The quantitative estimate of drug-likeness (QED) is 0.695. The van der Waals surface area contributed by atoms with Crippen LogP contribution in [0.3, 0.4) is 0 Å². The summed E-state index contributed by atoms with van der Waals surface area (Å²) in [6.45, 7) is 2.14. The number of rotatable bonds is 3. The first-order chi connectivity index (χ1) is 9.19. The molecule has 0 amide bonds. The third kappa shape index (κ3) is 2.68. The number of aldehydes is 1. The minimum atomic E-state index is -0.646. The number of carbonyl (C=O) groups is 1. The first kappa shape index (κ1) is 13.1. The second kappa shape index (κ2) is 5.22. The standard InChI is InChI=1S/C17H23FO/c1-11-8-16(13-4-6-15(18)7-5-13)17(12-2-3-12)9-14(11)10-19/h4,8,10-12,14-15,17H,2-3,5-7,9H2,1H3/t11?,14?,15-,17?/m0/s1. The fraction of sp³-hybridized carbons (Fsp3) is 0.706. The Morgan fingerprint density at radius 3 is 2.68 bits per heavy atom. The van der Waals surface area contributed by atoms with Crippen LogP contribution < -0.4 is 0 Å². The summed E-state index contributed by atoms with van der Waals surface area (Å²) in [5, 5.41) is 0. The summed E-state index contributed by atoms with van der Waals surface area (Å²) in [5.74, 6) is 1.87. The highest BCUT2D eigenvalue weighted by Crippen LogP contribution is 2.49. The summed E-state index contributed by atoms with van der Waals surface area (Å²) < 4.78 is 13.3. The first-order valence-electron chi connectivity index (χ1n) is 7.69. The van der Waals surface area contributed by atoms with Crippen molar-refractivity contribution in [3.8, 4) is 0 Å². The molecule has 0 saturated heterocycles. The Morgan fingerprint density at radius 2 is 2.11 bits per heavy atom. The summed E-state index contributed by atoms with van der Waals surface area (Å²) in [6, 6.07) is 0. The molecule has 1 fully saturated rings. The first-order valence-corrected chi connectivity index (χ1v) is 7.69. The van der Waals surface area contributed by atoms with Gasteiger partial charge in [-0.3, -0.25) is 0 Å². The van der Waals surface area contributed by atoms with Crippen molar-refractivity contribution in [3.63, 3.8) is 0 Å². The monoisotopic (exact) mass is 262 g/mol. The Balaban J connectivity index is 1.86. The van der Waals surface area contributed by atoms with Gasteiger partial charge < -0.3 is 4.79 Å². The van der Waals surface area contributed by atoms with E-state index in [0.29, 0.717) is 24.7 Å². The molecular weight excluding hydrogens is 239 g/mol. The van der Waals surface area contributed by atoms with Gasteiger partial charge in [0.05, 0.1) is 0 Å². The van der Waals surface area contributed by atoms with Crippen LogP contribution in [0.2, 0.25) is 0 Å². The Bertz CT molecular complexity index is 419. The summed E-state index contributed by atoms with van der Waals surface area (Å²) in [7, 11) is 0. The van der Waals surface area contributed by atoms with Crippen LogP contribution in [0.1, 0.15) is 45.4 Å². The fourth-order valence-corrected chi connectivity index (χ4v) is 3.70. The van der Waals surface area contributed by atoms with Crippen LogP contribution in [-0.4, -0.2) is 12.5 Å². The topological polar surface area (TPSA) is 17.1 Å². The maximum absolute atomic E-state index is 13.3. The van der Waals surface area contributed by atoms with E-state index in [9.17, 15) is 9.18 Å². The Morgan fingerprint density at radius 1 is 1.32 bits per heavy atom. The largest absolute Gasteiger partial charge is 0.303 e. The Hall–Kier alpha value is -0.920. The molecular formula is C17H23FO. The maximum Gasteiger partial charge on any atom is 0.123 e. The fourth-order valence-electron chi connectivity index (χ4n) is 3.70. The van der Waals surface area contributed by atoms with Crippen LogP contribution in [0.4, 0.5) is 4.39 Å². The zero-order valence-corrected chi connectivity index (χ0v) is 11.6. The predicted octanol–water partition coefficient (Wildman–Crippen LogP) is 4.24. The second-order valence-corrected chi connectivity index (χ2v) is 6.56. The van der Waals surface area contributed by atoms with E-state index in [-0.39, 0.29) is 5.92 Å². The van der Waals surface area contributed by atoms with Gasteiger partial charge in [0, 0.05) is 5.92 Å². The molecule has 0 bridgehead atoms. The van der Waals surface area contributed by atoms with Crippen molar-refractivity contribution in [3.05, 3.63) is 23.3 Å². The smallest absolute Gasteiger partial charge is 0.123 e. The van der Waals surface area contributed by atoms with Crippen LogP contribution in [0.5, 0.6) is 0 Å². The van der Waals surface area contributed by atoms with Crippen LogP contribution in [0.25, 0.3) is 0 Å². The number of hydrogen-bond acceptors (Lipinski definition) is 1. The summed E-state index contributed by atoms with van der Waals surface area (Å²) in [5.41, 5.74) is 2.84. The number of allylic oxidation sites excluding steroid dienone is 4. The summed E-state index contributed by atoms with van der Waals surface area (Å²) in [6.07, 6.45) is 10.7. The molecule has 0 heterocycles. The Labute approximate surface area is 115 Å². The normalized spacial score (nSPS) is 39.5. The van der Waals surface area contributed by atoms with Gasteiger partial charge >= 0.3 is 0 Å². The number of alkyl halides is 1. The highest BCUT2D eigenvalue weighted by atomic mass is 19.1. The van der Waals surface area contributed by atoms with Crippen molar-refractivity contribution in [2.75, 3.05) is 0 Å². The summed E-state index contributed by atoms with van der Waals surface area (Å²) in [4.78, 5) is 11.2. The molecule has 0 aromatic rings. The third-order valence-corrected chi connectivity index (χ3v) is 5.13. The van der Waals surface area contributed by atoms with Gasteiger partial charge in [0.1, 0.15) is 12.5 Å². The van der Waals surface area contributed by atoms with Crippen molar-refractivity contribution in [1.82, 2.24) is 0 Å². The van der Waals surface area contributed by atoms with Gasteiger partial charge in [-0.15, -0.1) is 0 Å². The van der Waals surface area contributed by atoms with Crippen LogP contribution in [-0.2, 0) is 4.79 Å². The van der Waals surface area contributed by atoms with Crippen LogP contribution >= 0.6 is 0 Å². The number of hydrogen-bond donors (Lipinski definition) is 0. The highest BCUT2D eigenvalue weighted by Gasteiger charge is 2.39. The molecule has 19 heavy (non-hydrogen) atoms. The van der Waals surface area contributed by atoms with E-state index in [1.54, 1.807) is 0 Å². The third-order valence-electron chi connectivity index (χ3n) is 5.13. The molecule has 1 saturated carbocycles. The SMILES string of the molecule is CC1C=C(C2=CC[C@H](F)CC2)C(C2CC2)CC1C=O. The average molecular weight is 262 g/mol. The molecule has 0 aromatic carbocycles. The Kier molecular flexibility index (Phi) is 3.60. The van der Waals surface area contributed by atoms with Crippen molar-refractivity contribution in [2.24, 2.45) is 23.7 Å². The van der Waals surface area contributed by atoms with E-state index in [4.69, 9.17) is 0 Å². The molecule has 0 N–H and O–H groups in total. The zero-order valence-electron chi connectivity index (χ0n) is 11.6. The van der Waals surface area contributed by atoms with E-state index in [0.717, 1.165) is 25.0 Å². The van der Waals surface area contributed by atoms with Crippen LogP contribution in [0, 0.1) is 23.7 Å². The van der Waals surface area contributed by atoms with Gasteiger partial charge in [0.25, 0.3) is 0 Å². The van der Waals surface area contributed by atoms with Crippen LogP contribution in [0.15, 0.2) is 23.3 Å². The molecule has 2 heteroatoms. The molecule has 4 atom stereocenters. The lowest BCUT2D eigenvalue weighted by Gasteiger charge is -2.34. The second-order valence-electron chi connectivity index (χ2n) is 6.56. The molecule has 0 aliphatic heterocycles. The number of halogens is 1. The summed E-state index contributed by atoms with van der Waals surface area (Å²) >= 11 is 0. The molecule has 3 aliphatic rings. The van der Waals surface area contributed by atoms with Crippen molar-refractivity contribution < 1.29 is 9.18 Å². The van der Waals surface area contributed by atoms with E-state index >= 15 is 0 Å². The zero-order chi connectivity index (χ0) is 13.4. The average Bonchev–Trinajstić information content (AvgIpc) is 3.24. The lowest BCUT2D eigenvalue weighted by Crippen LogP contribution is -2.26. The molecule has 104 valence electrons. The maximum atomic E-state index is 13.3. The van der Waals surface area contributed by atoms with Crippen molar-refractivity contribution in [2.45, 2.75) is 51.6 Å². The van der Waals surface area contributed by atoms with Gasteiger partial charge in [-0.25, -0.2) is 4.39 Å². The lowest BCUT2D eigenvalue weighted by atomic mass is 9.71. The minimum Gasteiger partial charge on any atom is -0.303 e. The molecule has 0 radical (unpaired) electrons.